The lowest BCUT2D eigenvalue weighted by molar-refractivity contribution is -0.117. The average molecular weight is 296 g/mol. The molecule has 1 aromatic rings. The molecule has 3 rings (SSSR count). The number of aliphatic hydroxyl groups excluding tert-OH is 1. The lowest BCUT2D eigenvalue weighted by atomic mass is 10.00. The van der Waals surface area contributed by atoms with Gasteiger partial charge in [-0.05, 0) is 30.9 Å². The van der Waals surface area contributed by atoms with Gasteiger partial charge in [0.2, 0.25) is 5.91 Å². The van der Waals surface area contributed by atoms with Gasteiger partial charge in [0.05, 0.1) is 12.6 Å². The van der Waals surface area contributed by atoms with Gasteiger partial charge in [-0.3, -0.25) is 9.69 Å². The number of benzene rings is 1. The molecule has 1 saturated carbocycles. The Morgan fingerprint density at radius 2 is 2.00 bits per heavy atom. The van der Waals surface area contributed by atoms with E-state index in [9.17, 15) is 18.7 Å². The van der Waals surface area contributed by atoms with Crippen molar-refractivity contribution >= 4 is 11.6 Å². The van der Waals surface area contributed by atoms with Gasteiger partial charge in [0.1, 0.15) is 17.3 Å². The van der Waals surface area contributed by atoms with E-state index in [1.54, 1.807) is 0 Å². The minimum absolute atomic E-state index is 0.0908. The largest absolute Gasteiger partial charge is 0.393 e. The highest BCUT2D eigenvalue weighted by atomic mass is 19.1. The van der Waals surface area contributed by atoms with Crippen LogP contribution >= 0.6 is 0 Å². The van der Waals surface area contributed by atoms with E-state index in [4.69, 9.17) is 0 Å². The maximum atomic E-state index is 13.5. The molecule has 0 aromatic heterocycles. The van der Waals surface area contributed by atoms with Crippen LogP contribution < -0.4 is 5.32 Å². The molecule has 4 nitrogen and oxygen atoms in total. The van der Waals surface area contributed by atoms with Gasteiger partial charge in [-0.1, -0.05) is 6.07 Å². The zero-order chi connectivity index (χ0) is 15.0. The van der Waals surface area contributed by atoms with Crippen LogP contribution in [0, 0.1) is 23.5 Å². The number of amides is 1. The number of nitrogens with zero attached hydrogens (tertiary/aromatic N) is 1. The molecule has 0 radical (unpaired) electrons. The SMILES string of the molecule is O=C(CN1CC2CCC(O)C2C1)Nc1c(F)cccc1F. The third-order valence-electron chi connectivity index (χ3n) is 4.49. The van der Waals surface area contributed by atoms with Crippen LogP contribution in [0.2, 0.25) is 0 Å². The van der Waals surface area contributed by atoms with Gasteiger partial charge < -0.3 is 10.4 Å². The fourth-order valence-corrected chi connectivity index (χ4v) is 3.46. The first-order valence-electron chi connectivity index (χ1n) is 7.19. The first kappa shape index (κ1) is 14.4. The van der Waals surface area contributed by atoms with Gasteiger partial charge in [0.25, 0.3) is 0 Å². The van der Waals surface area contributed by atoms with Crippen molar-refractivity contribution in [3.8, 4) is 0 Å². The highest BCUT2D eigenvalue weighted by molar-refractivity contribution is 5.92. The van der Waals surface area contributed by atoms with Crippen LogP contribution in [0.1, 0.15) is 12.8 Å². The van der Waals surface area contributed by atoms with Crippen molar-refractivity contribution in [3.05, 3.63) is 29.8 Å². The topological polar surface area (TPSA) is 52.6 Å². The Morgan fingerprint density at radius 3 is 2.67 bits per heavy atom. The summed E-state index contributed by atoms with van der Waals surface area (Å²) in [5, 5.41) is 12.1. The Balaban J connectivity index is 1.58. The Labute approximate surface area is 121 Å². The van der Waals surface area contributed by atoms with Crippen molar-refractivity contribution in [2.24, 2.45) is 11.8 Å². The van der Waals surface area contributed by atoms with Crippen LogP contribution in [0.25, 0.3) is 0 Å². The molecular formula is C15H18F2N2O2. The molecule has 1 aliphatic carbocycles. The summed E-state index contributed by atoms with van der Waals surface area (Å²) in [7, 11) is 0. The quantitative estimate of drug-likeness (QED) is 0.891. The van der Waals surface area contributed by atoms with E-state index < -0.39 is 23.2 Å². The molecule has 1 heterocycles. The normalized spacial score (nSPS) is 28.6. The number of nitrogens with one attached hydrogen (secondary N) is 1. The van der Waals surface area contributed by atoms with Crippen molar-refractivity contribution in [1.29, 1.82) is 0 Å². The van der Waals surface area contributed by atoms with Gasteiger partial charge in [0.15, 0.2) is 0 Å². The number of rotatable bonds is 3. The van der Waals surface area contributed by atoms with Crippen LogP contribution in [-0.2, 0) is 4.79 Å². The fourth-order valence-electron chi connectivity index (χ4n) is 3.46. The van der Waals surface area contributed by atoms with Crippen molar-refractivity contribution < 1.29 is 18.7 Å². The number of aliphatic hydroxyl groups is 1. The summed E-state index contributed by atoms with van der Waals surface area (Å²) in [5.41, 5.74) is -0.401. The van der Waals surface area contributed by atoms with E-state index in [0.717, 1.165) is 31.5 Å². The summed E-state index contributed by atoms with van der Waals surface area (Å²) in [6.07, 6.45) is 1.52. The van der Waals surface area contributed by atoms with E-state index in [-0.39, 0.29) is 18.6 Å². The number of halogens is 2. The number of hydrogen-bond donors (Lipinski definition) is 2. The van der Waals surface area contributed by atoms with E-state index in [2.05, 4.69) is 5.32 Å². The van der Waals surface area contributed by atoms with E-state index in [1.807, 2.05) is 4.90 Å². The second kappa shape index (κ2) is 5.69. The summed E-state index contributed by atoms with van der Waals surface area (Å²) in [6, 6.07) is 3.47. The third kappa shape index (κ3) is 2.91. The maximum absolute atomic E-state index is 13.5. The van der Waals surface area contributed by atoms with E-state index >= 15 is 0 Å². The predicted molar refractivity (Wildman–Crippen MR) is 73.6 cm³/mol. The molecule has 1 saturated heterocycles. The number of likely N-dealkylation sites (tertiary alicyclic amines) is 1. The molecule has 1 aromatic carbocycles. The first-order chi connectivity index (χ1) is 10.0. The summed E-state index contributed by atoms with van der Waals surface area (Å²) in [6.45, 7) is 1.52. The average Bonchev–Trinajstić information content (AvgIpc) is 2.97. The molecular weight excluding hydrogens is 278 g/mol. The molecule has 6 heteroatoms. The van der Waals surface area contributed by atoms with Gasteiger partial charge in [0, 0.05) is 19.0 Å². The number of hydrogen-bond acceptors (Lipinski definition) is 3. The van der Waals surface area contributed by atoms with Gasteiger partial charge in [-0.15, -0.1) is 0 Å². The molecule has 3 unspecified atom stereocenters. The molecule has 3 atom stereocenters. The van der Waals surface area contributed by atoms with E-state index in [0.29, 0.717) is 12.5 Å². The molecule has 2 N–H and O–H groups in total. The number of fused-ring (bicyclic) bond motifs is 1. The second-order valence-electron chi connectivity index (χ2n) is 5.91. The van der Waals surface area contributed by atoms with Crippen LogP contribution in [0.5, 0.6) is 0 Å². The summed E-state index contributed by atoms with van der Waals surface area (Å²) < 4.78 is 26.9. The smallest absolute Gasteiger partial charge is 0.238 e. The Morgan fingerprint density at radius 1 is 1.29 bits per heavy atom. The van der Waals surface area contributed by atoms with Crippen molar-refractivity contribution in [2.75, 3.05) is 25.0 Å². The highest BCUT2D eigenvalue weighted by Gasteiger charge is 2.42. The lowest BCUT2D eigenvalue weighted by Gasteiger charge is -2.17. The lowest BCUT2D eigenvalue weighted by Crippen LogP contribution is -2.33. The van der Waals surface area contributed by atoms with Crippen LogP contribution in [0.3, 0.4) is 0 Å². The predicted octanol–water partition coefficient (Wildman–Crippen LogP) is 1.61. The first-order valence-corrected chi connectivity index (χ1v) is 7.19. The minimum atomic E-state index is -0.780. The number of anilines is 1. The van der Waals surface area contributed by atoms with Crippen molar-refractivity contribution in [2.45, 2.75) is 18.9 Å². The Bertz CT molecular complexity index is 532. The molecule has 2 aliphatic rings. The van der Waals surface area contributed by atoms with Crippen LogP contribution in [0.15, 0.2) is 18.2 Å². The maximum Gasteiger partial charge on any atom is 0.238 e. The summed E-state index contributed by atoms with van der Waals surface area (Å²) in [4.78, 5) is 13.9. The van der Waals surface area contributed by atoms with Crippen molar-refractivity contribution in [1.82, 2.24) is 4.90 Å². The minimum Gasteiger partial charge on any atom is -0.393 e. The molecule has 2 fully saturated rings. The molecule has 1 amide bonds. The zero-order valence-electron chi connectivity index (χ0n) is 11.6. The summed E-state index contributed by atoms with van der Waals surface area (Å²) >= 11 is 0. The Hall–Kier alpha value is -1.53. The van der Waals surface area contributed by atoms with Crippen LogP contribution in [0.4, 0.5) is 14.5 Å². The summed E-state index contributed by atoms with van der Waals surface area (Å²) in [5.74, 6) is -1.34. The molecule has 0 spiro atoms. The molecule has 1 aliphatic heterocycles. The van der Waals surface area contributed by atoms with Gasteiger partial charge in [-0.25, -0.2) is 8.78 Å². The molecule has 114 valence electrons. The highest BCUT2D eigenvalue weighted by Crippen LogP contribution is 2.37. The zero-order valence-corrected chi connectivity index (χ0v) is 11.6. The number of carbonyl (C=O) groups excluding carboxylic acids is 1. The number of para-hydroxylation sites is 1. The standard InChI is InChI=1S/C15H18F2N2O2/c16-11-2-1-3-12(17)15(11)18-14(21)8-19-6-9-4-5-13(20)10(9)7-19/h1-3,9-10,13,20H,4-8H2,(H,18,21). The third-order valence-corrected chi connectivity index (χ3v) is 4.49. The second-order valence-corrected chi connectivity index (χ2v) is 5.91. The monoisotopic (exact) mass is 296 g/mol. The molecule has 0 bridgehead atoms. The van der Waals surface area contributed by atoms with Gasteiger partial charge in [-0.2, -0.15) is 0 Å². The van der Waals surface area contributed by atoms with E-state index in [1.165, 1.54) is 6.07 Å². The van der Waals surface area contributed by atoms with Gasteiger partial charge >= 0.3 is 0 Å². The Kier molecular flexibility index (Phi) is 3.91. The van der Waals surface area contributed by atoms with Crippen LogP contribution in [-0.4, -0.2) is 41.7 Å². The molecule has 21 heavy (non-hydrogen) atoms. The van der Waals surface area contributed by atoms with Crippen molar-refractivity contribution in [3.63, 3.8) is 0 Å². The number of carbonyl (C=O) groups is 1. The fraction of sp³-hybridized carbons (Fsp3) is 0.533.